The minimum Gasteiger partial charge on any atom is -0.459 e. The summed E-state index contributed by atoms with van der Waals surface area (Å²) >= 11 is 2.97. The summed E-state index contributed by atoms with van der Waals surface area (Å²) in [5.41, 5.74) is 4.96. The van der Waals surface area contributed by atoms with Crippen LogP contribution in [-0.2, 0) is 66.3 Å². The molecule has 14 fully saturated rings. The lowest BCUT2D eigenvalue weighted by molar-refractivity contribution is -0.313. The number of ether oxygens (including phenoxy) is 14. The van der Waals surface area contributed by atoms with Gasteiger partial charge in [-0.3, -0.25) is 0 Å². The number of aliphatic hydroxyl groups is 8. The van der Waals surface area contributed by atoms with Gasteiger partial charge in [-0.25, -0.2) is 19.2 Å². The van der Waals surface area contributed by atoms with Crippen molar-refractivity contribution in [1.82, 2.24) is 0 Å². The van der Waals surface area contributed by atoms with Crippen LogP contribution < -0.4 is 0 Å². The molecule has 8 aliphatic carbocycles. The van der Waals surface area contributed by atoms with Crippen molar-refractivity contribution in [3.05, 3.63) is 167 Å². The Bertz CT molecular complexity index is 4970. The van der Waals surface area contributed by atoms with Gasteiger partial charge < -0.3 is 107 Å². The van der Waals surface area contributed by atoms with Gasteiger partial charge in [0.2, 0.25) is 0 Å². The van der Waals surface area contributed by atoms with Crippen molar-refractivity contribution in [2.75, 3.05) is 39.6 Å². The number of rotatable bonds is 20. The Kier molecular flexibility index (Phi) is 34.7. The first-order valence-electron chi connectivity index (χ1n) is 54.3. The number of hydrogen-bond donors (Lipinski definition) is 8. The van der Waals surface area contributed by atoms with Crippen molar-refractivity contribution < 1.29 is 126 Å². The molecule has 144 heavy (non-hydrogen) atoms. The van der Waals surface area contributed by atoms with E-state index in [1.54, 1.807) is 72.4 Å². The van der Waals surface area contributed by atoms with Crippen molar-refractivity contribution in [2.45, 2.75) is 370 Å². The highest BCUT2D eigenvalue weighted by atomic mass is 32.2. The molecule has 8 aliphatic heterocycles. The fourth-order valence-electron chi connectivity index (χ4n) is 29.4. The molecule has 2 spiro atoms. The first kappa shape index (κ1) is 109. The highest BCUT2D eigenvalue weighted by Crippen LogP contribution is 2.73. The molecule has 8 saturated heterocycles. The molecule has 20 rings (SSSR count). The van der Waals surface area contributed by atoms with Crippen LogP contribution in [0, 0.1) is 116 Å². The quantitative estimate of drug-likeness (QED) is 0.0231. The van der Waals surface area contributed by atoms with Crippen LogP contribution >= 0.6 is 23.5 Å². The molecule has 18 unspecified atom stereocenters. The maximum absolute atomic E-state index is 13.5. The summed E-state index contributed by atoms with van der Waals surface area (Å²) in [7, 11) is 0. The van der Waals surface area contributed by atoms with E-state index in [1.165, 1.54) is 67.9 Å². The van der Waals surface area contributed by atoms with Gasteiger partial charge in [0.15, 0.2) is 30.3 Å². The van der Waals surface area contributed by atoms with Crippen LogP contribution in [0.1, 0.15) is 268 Å². The molecule has 8 N–H and O–H groups in total. The minimum absolute atomic E-state index is 0.0399. The Hall–Kier alpha value is -5.78. The average Bonchev–Trinajstić information content (AvgIpc) is 1.53. The fraction of sp³-hybridized carbons (Fsp3) is 0.724. The normalized spacial score (nSPS) is 44.3. The van der Waals surface area contributed by atoms with E-state index >= 15 is 0 Å². The SMILES string of the molecule is CC(C)SC1OC(CO)C(O)C(O)C1O.CC(C)SC1OC(COC(=O)c2ccccc2)C(C)C(C)C1OC(=O)c1ccccc1.CC1C(COC(=O)c2ccccc2)O[C@@H](O[C@H]2CC[C@@]3(C)C(=CC[C@H]4[C@@H]5C[C@@H]6O[C@]7(CC[C@@H](C)CO7)[C@@H](C)[C@@H]6[C@@]5(C)CC[C@@H]43)C2)C(OC(=O)c2ccccc2)C1C.C[C@@H]1CC[C@@]2(OC1)O[C@H]1C[C@H]3[C@@H]4CC=C5C[C@@H](O[C@@H]6OC(CO)C(O)C(O)C6O)CC[C@]5(C)[C@H]4CC[C@]3(C)[C@H]1[C@@H]2C. The van der Waals surface area contributed by atoms with E-state index < -0.39 is 91.8 Å². The van der Waals surface area contributed by atoms with Crippen LogP contribution in [0.15, 0.2) is 145 Å². The zero-order chi connectivity index (χ0) is 103. The summed E-state index contributed by atoms with van der Waals surface area (Å²) in [5, 5.41) is 78.5. The summed E-state index contributed by atoms with van der Waals surface area (Å²) in [4.78, 5) is 51.4. The van der Waals surface area contributed by atoms with Gasteiger partial charge in [0.05, 0.1) is 85.3 Å². The number of esters is 4. The largest absolute Gasteiger partial charge is 0.459 e. The summed E-state index contributed by atoms with van der Waals surface area (Å²) in [6.07, 6.45) is 12.0. The van der Waals surface area contributed by atoms with E-state index in [0.29, 0.717) is 111 Å². The maximum atomic E-state index is 13.5. The van der Waals surface area contributed by atoms with E-state index in [1.807, 2.05) is 81.4 Å². The van der Waals surface area contributed by atoms with Crippen LogP contribution in [0.2, 0.25) is 0 Å². The second-order valence-corrected chi connectivity index (χ2v) is 50.6. The number of fused-ring (bicyclic) bond motifs is 14. The fourth-order valence-corrected chi connectivity index (χ4v) is 31.7. The highest BCUT2D eigenvalue weighted by Gasteiger charge is 2.72. The number of hydrogen-bond acceptors (Lipinski definition) is 28. The van der Waals surface area contributed by atoms with Gasteiger partial charge in [-0.1, -0.05) is 207 Å². The summed E-state index contributed by atoms with van der Waals surface area (Å²) < 4.78 is 87.7. The van der Waals surface area contributed by atoms with Gasteiger partial charge in [0, 0.05) is 47.0 Å². The first-order valence-corrected chi connectivity index (χ1v) is 56.2. The number of allylic oxidation sites excluding steroid dienone is 2. The molecule has 0 radical (unpaired) electrons. The lowest BCUT2D eigenvalue weighted by Crippen LogP contribution is -2.60. The number of benzene rings is 4. The zero-order valence-corrected chi connectivity index (χ0v) is 89.0. The van der Waals surface area contributed by atoms with E-state index in [2.05, 4.69) is 102 Å². The second-order valence-electron chi connectivity index (χ2n) is 47.2. The lowest BCUT2D eigenvalue weighted by Gasteiger charge is -2.58. The molecule has 16 aliphatic rings. The summed E-state index contributed by atoms with van der Waals surface area (Å²) in [5.74, 6) is 4.94. The Morgan fingerprint density at radius 2 is 0.778 bits per heavy atom. The summed E-state index contributed by atoms with van der Waals surface area (Å²) in [6, 6.07) is 36.1. The molecular weight excluding hydrogens is 1870 g/mol. The molecular formula is C116H164O26S2. The molecule has 796 valence electrons. The van der Waals surface area contributed by atoms with Crippen molar-refractivity contribution in [2.24, 2.45) is 116 Å². The molecule has 0 amide bonds. The van der Waals surface area contributed by atoms with E-state index in [0.717, 1.165) is 83.8 Å². The predicted molar refractivity (Wildman–Crippen MR) is 545 cm³/mol. The van der Waals surface area contributed by atoms with Crippen LogP contribution in [-0.4, -0.2) is 248 Å². The highest BCUT2D eigenvalue weighted by molar-refractivity contribution is 8.00. The molecule has 0 aromatic heterocycles. The van der Waals surface area contributed by atoms with Crippen LogP contribution in [0.5, 0.6) is 0 Å². The number of carbonyl (C=O) groups is 4. The van der Waals surface area contributed by atoms with Crippen LogP contribution in [0.3, 0.4) is 0 Å². The number of thioether (sulfide) groups is 2. The smallest absolute Gasteiger partial charge is 0.338 e. The third-order valence-corrected chi connectivity index (χ3v) is 40.5. The minimum atomic E-state index is -1.41. The van der Waals surface area contributed by atoms with Crippen LogP contribution in [0.25, 0.3) is 0 Å². The first-order chi connectivity index (χ1) is 68.7. The summed E-state index contributed by atoms with van der Waals surface area (Å²) in [6.45, 7) is 37.0. The third kappa shape index (κ3) is 22.0. The standard InChI is InChI=1S/C49H64O8.C33H52O8.C25H30O5S.C9H18O5S/c1-29-19-24-49(53-27-29)32(4)42-40(57-49)26-39-37-18-17-35-25-36(20-22-47(35,5)38(37)21-23-48(39,42)6)54-46-43(56-45(51)34-15-11-8-12-16-34)31(3)30(2)41(55-46)28-52-44(50)33-13-9-7-10-14-33;1-17-7-12-33(38-16-17)18(2)26-24(41-33)14-23-21-6-5-19-13-20(8-10-31(19,3)22(21)9-11-32(23,26)4)39-30-29(37)28(36)27(35)25(15-34)40-30;1-16(2)31-25-22(30-24(27)20-13-9-6-10-14-20)18(4)17(3)21(29-25)15-28-23(26)19-11-7-5-8-12-19;1-4(2)15-9-8(13)7(12)6(11)5(3-10)14-9/h7-17,29-32,36-43,46H,18-28H2,1-6H3;5,17-18,20-30,34-37H,6-16H2,1-4H3;5-14,16-18,21-22,25H,15H2,1-4H3;4-13H,3H2,1-2H3/t29-,30?,31?,32+,36+,37-,38+,39+,40+,41?,42+,43?,46-,47+,48+,49-;17-,18+,20+,21-,22+,23+,24+,25?,26+,27?,28?,29?,30-,31+,32+,33-;;/m11../s1. The van der Waals surface area contributed by atoms with Gasteiger partial charge in [-0.05, 0) is 244 Å². The van der Waals surface area contributed by atoms with Gasteiger partial charge >= 0.3 is 23.9 Å². The zero-order valence-electron chi connectivity index (χ0n) is 87.4. The molecule has 0 bridgehead atoms. The Morgan fingerprint density at radius 1 is 0.403 bits per heavy atom. The molecule has 26 nitrogen and oxygen atoms in total. The van der Waals surface area contributed by atoms with Crippen LogP contribution in [0.4, 0.5) is 0 Å². The monoisotopic (exact) mass is 2040 g/mol. The van der Waals surface area contributed by atoms with Crippen molar-refractivity contribution in [3.8, 4) is 0 Å². The molecule has 4 aromatic carbocycles. The Labute approximate surface area is 861 Å². The van der Waals surface area contributed by atoms with Crippen molar-refractivity contribution in [3.63, 3.8) is 0 Å². The molecule has 4 aromatic rings. The molecule has 42 atom stereocenters. The maximum Gasteiger partial charge on any atom is 0.338 e. The van der Waals surface area contributed by atoms with E-state index in [9.17, 15) is 54.9 Å². The molecule has 28 heteroatoms. The average molecular weight is 2040 g/mol. The molecule has 6 saturated carbocycles. The van der Waals surface area contributed by atoms with Gasteiger partial charge in [0.1, 0.15) is 79.0 Å². The third-order valence-electron chi connectivity index (χ3n) is 38.1. The van der Waals surface area contributed by atoms with E-state index in [-0.39, 0.29) is 129 Å². The topological polar surface area (TPSA) is 359 Å². The van der Waals surface area contributed by atoms with Crippen molar-refractivity contribution >= 4 is 47.4 Å². The predicted octanol–water partition coefficient (Wildman–Crippen LogP) is 17.5. The van der Waals surface area contributed by atoms with Gasteiger partial charge in [-0.2, -0.15) is 0 Å². The van der Waals surface area contributed by atoms with E-state index in [4.69, 9.17) is 71.4 Å². The van der Waals surface area contributed by atoms with Gasteiger partial charge in [0.25, 0.3) is 0 Å². The number of carbonyl (C=O) groups excluding carboxylic acids is 4. The Balaban J connectivity index is 0.000000143. The Morgan fingerprint density at radius 3 is 1.19 bits per heavy atom. The molecule has 8 heterocycles. The van der Waals surface area contributed by atoms with Crippen molar-refractivity contribution in [1.29, 1.82) is 0 Å². The second kappa shape index (κ2) is 45.6. The van der Waals surface area contributed by atoms with Gasteiger partial charge in [-0.15, -0.1) is 23.5 Å². The lowest BCUT2D eigenvalue weighted by atomic mass is 9.47. The number of aliphatic hydroxyl groups excluding tert-OH is 8.